The van der Waals surface area contributed by atoms with Crippen molar-refractivity contribution in [3.63, 3.8) is 0 Å². The van der Waals surface area contributed by atoms with E-state index in [0.717, 1.165) is 43.8 Å². The van der Waals surface area contributed by atoms with Crippen LogP contribution >= 0.6 is 23.1 Å². The number of carbonyl (C=O) groups excluding carboxylic acids is 2. The summed E-state index contributed by atoms with van der Waals surface area (Å²) in [5, 5.41) is 0.728. The predicted molar refractivity (Wildman–Crippen MR) is 156 cm³/mol. The Morgan fingerprint density at radius 1 is 1.02 bits per heavy atom. The molecular weight excluding hydrogens is 601 g/mol. The maximum atomic E-state index is 13.9. The highest BCUT2D eigenvalue weighted by atomic mass is 32.2. The number of H-pyrrole nitrogens is 1. The van der Waals surface area contributed by atoms with Crippen molar-refractivity contribution in [1.29, 1.82) is 0 Å². The van der Waals surface area contributed by atoms with Gasteiger partial charge in [0.1, 0.15) is 0 Å². The molecule has 0 radical (unpaired) electrons. The number of aromatic nitrogens is 1. The summed E-state index contributed by atoms with van der Waals surface area (Å²) < 4.78 is 52.1. The molecule has 2 amide bonds. The smallest absolute Gasteiger partial charge is 0.416 e. The van der Waals surface area contributed by atoms with Crippen LogP contribution in [0.4, 0.5) is 18.9 Å². The van der Waals surface area contributed by atoms with Gasteiger partial charge >= 0.3 is 11.0 Å². The molecule has 2 aliphatic heterocycles. The van der Waals surface area contributed by atoms with Crippen LogP contribution in [0.25, 0.3) is 0 Å². The number of rotatable bonds is 6. The van der Waals surface area contributed by atoms with Crippen molar-refractivity contribution in [2.45, 2.75) is 42.6 Å². The first-order chi connectivity index (χ1) is 20.5. The molecule has 3 fully saturated rings. The maximum absolute atomic E-state index is 13.9. The molecule has 3 heterocycles. The van der Waals surface area contributed by atoms with Crippen molar-refractivity contribution in [3.05, 3.63) is 68.1 Å². The van der Waals surface area contributed by atoms with Gasteiger partial charge in [0, 0.05) is 16.0 Å². The Morgan fingerprint density at radius 2 is 1.77 bits per heavy atom. The van der Waals surface area contributed by atoms with E-state index in [1.807, 2.05) is 18.2 Å². The van der Waals surface area contributed by atoms with Crippen molar-refractivity contribution < 1.29 is 32.2 Å². The summed E-state index contributed by atoms with van der Waals surface area (Å²) in [4.78, 5) is 44.9. The third-order valence-corrected chi connectivity index (χ3v) is 11.9. The molecule has 0 spiro atoms. The molecule has 4 aliphatic rings. The van der Waals surface area contributed by atoms with Gasteiger partial charge in [-0.3, -0.25) is 19.3 Å². The lowest BCUT2D eigenvalue weighted by Gasteiger charge is -2.43. The Hall–Kier alpha value is -3.25. The molecule has 2 bridgehead atoms. The molecule has 226 valence electrons. The lowest BCUT2D eigenvalue weighted by molar-refractivity contribution is -0.137. The molecule has 1 N–H and O–H groups in total. The van der Waals surface area contributed by atoms with Crippen LogP contribution in [0.5, 0.6) is 11.5 Å². The Bertz CT molecular complexity index is 1680. The minimum atomic E-state index is -4.60. The summed E-state index contributed by atoms with van der Waals surface area (Å²) in [5.41, 5.74) is -0.0230. The minimum absolute atomic E-state index is 0.0454. The van der Waals surface area contributed by atoms with Gasteiger partial charge in [-0.05, 0) is 66.0 Å². The van der Waals surface area contributed by atoms with E-state index in [0.29, 0.717) is 30.4 Å². The van der Waals surface area contributed by atoms with Gasteiger partial charge in [0.25, 0.3) is 0 Å². The molecule has 7 nitrogen and oxygen atoms in total. The Labute approximate surface area is 253 Å². The average molecular weight is 631 g/mol. The molecule has 7 rings (SSSR count). The van der Waals surface area contributed by atoms with Crippen LogP contribution in [0.3, 0.4) is 0 Å². The molecular formula is C31H29F3N2O5S2. The number of ether oxygens (including phenoxy) is 2. The number of methoxy groups -OCH3 is 1. The first kappa shape index (κ1) is 28.5. The topological polar surface area (TPSA) is 88.7 Å². The number of nitrogens with one attached hydrogen (secondary N) is 1. The van der Waals surface area contributed by atoms with Crippen molar-refractivity contribution >= 4 is 40.6 Å². The number of amides is 2. The molecule has 1 aromatic heterocycles. The molecule has 3 aromatic rings. The molecule has 2 saturated carbocycles. The minimum Gasteiger partial charge on any atom is -0.493 e. The molecule has 12 heteroatoms. The van der Waals surface area contributed by atoms with Gasteiger partial charge in [-0.15, -0.1) is 11.8 Å². The van der Waals surface area contributed by atoms with Gasteiger partial charge in [0.2, 0.25) is 11.8 Å². The van der Waals surface area contributed by atoms with Crippen LogP contribution < -0.4 is 19.2 Å². The first-order valence-corrected chi connectivity index (χ1v) is 15.9. The molecule has 2 aromatic carbocycles. The zero-order chi connectivity index (χ0) is 30.4. The fourth-order valence-electron chi connectivity index (χ4n) is 7.72. The summed E-state index contributed by atoms with van der Waals surface area (Å²) >= 11 is 2.71. The lowest BCUT2D eigenvalue weighted by atomic mass is 9.68. The van der Waals surface area contributed by atoms with Gasteiger partial charge in [-0.2, -0.15) is 13.2 Å². The number of hydrogen-bond acceptors (Lipinski definition) is 7. The van der Waals surface area contributed by atoms with Crippen molar-refractivity contribution in [2.75, 3.05) is 18.6 Å². The molecule has 1 saturated heterocycles. The summed E-state index contributed by atoms with van der Waals surface area (Å²) in [6.07, 6.45) is -3.92. The Balaban J connectivity index is 1.27. The highest BCUT2D eigenvalue weighted by molar-refractivity contribution is 8.00. The van der Waals surface area contributed by atoms with Crippen molar-refractivity contribution in [2.24, 2.45) is 35.5 Å². The average Bonchev–Trinajstić information content (AvgIpc) is 3.70. The number of hydrogen-bond donors (Lipinski definition) is 1. The highest BCUT2D eigenvalue weighted by Crippen LogP contribution is 2.69. The van der Waals surface area contributed by atoms with Crippen LogP contribution in [0.15, 0.2) is 52.3 Å². The van der Waals surface area contributed by atoms with Gasteiger partial charge in [0.05, 0.1) is 41.8 Å². The number of alkyl halides is 3. The van der Waals surface area contributed by atoms with E-state index in [2.05, 4.69) is 18.8 Å². The Morgan fingerprint density at radius 3 is 2.47 bits per heavy atom. The second-order valence-electron chi connectivity index (χ2n) is 12.1. The van der Waals surface area contributed by atoms with E-state index in [1.165, 1.54) is 12.1 Å². The second-order valence-corrected chi connectivity index (χ2v) is 14.3. The fourth-order valence-corrected chi connectivity index (χ4v) is 10.6. The molecule has 2 aliphatic carbocycles. The summed E-state index contributed by atoms with van der Waals surface area (Å²) in [7, 11) is 1.58. The number of aromatic amines is 1. The largest absolute Gasteiger partial charge is 0.493 e. The van der Waals surface area contributed by atoms with E-state index in [1.54, 1.807) is 18.9 Å². The normalized spacial score (nSPS) is 29.2. The van der Waals surface area contributed by atoms with E-state index in [4.69, 9.17) is 9.47 Å². The Kier molecular flexibility index (Phi) is 6.73. The van der Waals surface area contributed by atoms with Crippen LogP contribution in [0.1, 0.15) is 42.2 Å². The number of thiazole rings is 1. The second kappa shape index (κ2) is 10.2. The third kappa shape index (κ3) is 4.43. The number of halogens is 3. The third-order valence-electron chi connectivity index (χ3n) is 9.27. The SMILES string of the molecule is COc1cc(C2c3sc(=O)[nH]c3SC3C4CC(C5C(=O)N(c6cccc(C(F)(F)F)c6)C(=O)C45)C23)ccc1OCC(C)C. The van der Waals surface area contributed by atoms with Gasteiger partial charge in [-0.1, -0.05) is 37.3 Å². The lowest BCUT2D eigenvalue weighted by Crippen LogP contribution is -2.42. The molecule has 7 unspecified atom stereocenters. The van der Waals surface area contributed by atoms with Crippen LogP contribution in [0, 0.1) is 35.5 Å². The van der Waals surface area contributed by atoms with Crippen molar-refractivity contribution in [1.82, 2.24) is 4.98 Å². The van der Waals surface area contributed by atoms with E-state index >= 15 is 0 Å². The zero-order valence-electron chi connectivity index (χ0n) is 23.5. The quantitative estimate of drug-likeness (QED) is 0.328. The first-order valence-electron chi connectivity index (χ1n) is 14.2. The summed E-state index contributed by atoms with van der Waals surface area (Å²) in [6.45, 7) is 4.64. The number of thioether (sulfide) groups is 1. The number of carbonyl (C=O) groups is 2. The monoisotopic (exact) mass is 630 g/mol. The predicted octanol–water partition coefficient (Wildman–Crippen LogP) is 6.18. The van der Waals surface area contributed by atoms with Crippen LogP contribution in [-0.4, -0.2) is 35.8 Å². The van der Waals surface area contributed by atoms with E-state index in [-0.39, 0.29) is 39.5 Å². The van der Waals surface area contributed by atoms with Gasteiger partial charge in [-0.25, -0.2) is 0 Å². The van der Waals surface area contributed by atoms with Gasteiger partial charge in [0.15, 0.2) is 11.5 Å². The fraction of sp³-hybridized carbons (Fsp3) is 0.452. The van der Waals surface area contributed by atoms with Gasteiger partial charge < -0.3 is 14.5 Å². The highest BCUT2D eigenvalue weighted by Gasteiger charge is 2.69. The number of nitrogens with zero attached hydrogens (tertiary/aromatic N) is 1. The molecule has 43 heavy (non-hydrogen) atoms. The maximum Gasteiger partial charge on any atom is 0.416 e. The number of anilines is 1. The number of benzene rings is 2. The standard InChI is InChI=1S/C31H29F3N2O5S2/c1-13(2)12-41-19-8-7-14(9-20(19)40-3)21-22-17-11-18(25(22)42-27-26(21)43-30(39)35-27)24-23(17)28(37)36(29(24)38)16-6-4-5-15(10-16)31(32,33)34/h4-10,13,17-18,21-25H,11-12H2,1-3H3,(H,35,39). The summed E-state index contributed by atoms with van der Waals surface area (Å²) in [6, 6.07) is 10.2. The molecule has 7 atom stereocenters. The number of fused-ring (bicyclic) bond motifs is 9. The zero-order valence-corrected chi connectivity index (χ0v) is 25.1. The van der Waals surface area contributed by atoms with E-state index < -0.39 is 35.4 Å². The van der Waals surface area contributed by atoms with Crippen LogP contribution in [0.2, 0.25) is 0 Å². The van der Waals surface area contributed by atoms with Crippen molar-refractivity contribution in [3.8, 4) is 11.5 Å². The van der Waals surface area contributed by atoms with E-state index in [9.17, 15) is 27.6 Å². The number of imide groups is 1. The van der Waals surface area contributed by atoms with Crippen LogP contribution in [-0.2, 0) is 15.8 Å². The summed E-state index contributed by atoms with van der Waals surface area (Å²) in [5.74, 6) is -1.18.